The van der Waals surface area contributed by atoms with Crippen molar-refractivity contribution in [3.05, 3.63) is 29.3 Å². The van der Waals surface area contributed by atoms with E-state index in [0.717, 1.165) is 36.3 Å². The van der Waals surface area contributed by atoms with Crippen LogP contribution in [-0.4, -0.2) is 42.5 Å². The van der Waals surface area contributed by atoms with Crippen molar-refractivity contribution in [2.75, 3.05) is 19.6 Å². The fourth-order valence-electron chi connectivity index (χ4n) is 3.59. The first kappa shape index (κ1) is 19.8. The van der Waals surface area contributed by atoms with Crippen LogP contribution in [0.4, 0.5) is 0 Å². The molecular formula is C20H29N4O2S+. The van der Waals surface area contributed by atoms with E-state index < -0.39 is 6.04 Å². The van der Waals surface area contributed by atoms with Gasteiger partial charge in [-0.25, -0.2) is 4.98 Å². The Morgan fingerprint density at radius 2 is 2.15 bits per heavy atom. The molecule has 2 heterocycles. The Morgan fingerprint density at radius 3 is 2.93 bits per heavy atom. The molecule has 1 saturated heterocycles. The van der Waals surface area contributed by atoms with Gasteiger partial charge in [0.25, 0.3) is 5.91 Å². The maximum absolute atomic E-state index is 12.5. The van der Waals surface area contributed by atoms with Crippen LogP contribution in [0.2, 0.25) is 0 Å². The third-order valence-corrected chi connectivity index (χ3v) is 6.20. The quantitative estimate of drug-likeness (QED) is 0.671. The number of rotatable bonds is 7. The Balaban J connectivity index is 1.63. The summed E-state index contributed by atoms with van der Waals surface area (Å²) in [5.41, 5.74) is 1.04. The van der Waals surface area contributed by atoms with Crippen molar-refractivity contribution >= 4 is 33.4 Å². The largest absolute Gasteiger partial charge is 0.354 e. The molecule has 1 aliphatic rings. The predicted octanol–water partition coefficient (Wildman–Crippen LogP) is 1.44. The Kier molecular flexibility index (Phi) is 6.79. The van der Waals surface area contributed by atoms with Crippen molar-refractivity contribution in [1.82, 2.24) is 15.6 Å². The number of carbonyl (C=O) groups is 2. The highest BCUT2D eigenvalue weighted by atomic mass is 32.1. The van der Waals surface area contributed by atoms with E-state index in [2.05, 4.69) is 16.7 Å². The Morgan fingerprint density at radius 1 is 1.33 bits per heavy atom. The summed E-state index contributed by atoms with van der Waals surface area (Å²) in [6, 6.07) is 7.94. The van der Waals surface area contributed by atoms with Crippen molar-refractivity contribution in [2.45, 2.75) is 51.6 Å². The SMILES string of the molecule is CCCNC(=O)[C@@H](C)NC(=O)C[NH+]1CCCC[C@@H]1c1nc2ccccc2s1. The lowest BCUT2D eigenvalue weighted by molar-refractivity contribution is -0.929. The van der Waals surface area contributed by atoms with Crippen LogP contribution in [0.25, 0.3) is 10.2 Å². The van der Waals surface area contributed by atoms with Crippen molar-refractivity contribution in [3.63, 3.8) is 0 Å². The van der Waals surface area contributed by atoms with E-state index in [1.54, 1.807) is 18.3 Å². The third kappa shape index (κ3) is 5.05. The zero-order chi connectivity index (χ0) is 19.2. The molecule has 1 aromatic heterocycles. The molecule has 7 heteroatoms. The molecule has 1 unspecified atom stereocenters. The number of hydrogen-bond acceptors (Lipinski definition) is 4. The average Bonchev–Trinajstić information content (AvgIpc) is 3.10. The number of likely N-dealkylation sites (tertiary alicyclic amines) is 1. The van der Waals surface area contributed by atoms with Gasteiger partial charge in [0.15, 0.2) is 11.6 Å². The summed E-state index contributed by atoms with van der Waals surface area (Å²) >= 11 is 1.73. The molecule has 1 aromatic carbocycles. The van der Waals surface area contributed by atoms with Gasteiger partial charge in [-0.1, -0.05) is 19.1 Å². The standard InChI is InChI=1S/C20H28N4O2S/c1-3-11-21-19(26)14(2)22-18(25)13-24-12-7-6-9-16(24)20-23-15-8-4-5-10-17(15)27-20/h4-5,8,10,14,16H,3,6-7,9,11-13H2,1-2H3,(H,21,26)(H,22,25)/p+1/t14-,16-/m1/s1. The number of benzene rings is 1. The summed E-state index contributed by atoms with van der Waals surface area (Å²) in [6.07, 6.45) is 4.22. The summed E-state index contributed by atoms with van der Waals surface area (Å²) in [4.78, 5) is 30.6. The van der Waals surface area contributed by atoms with Gasteiger partial charge in [-0.2, -0.15) is 0 Å². The predicted molar refractivity (Wildman–Crippen MR) is 108 cm³/mol. The average molecular weight is 390 g/mol. The zero-order valence-corrected chi connectivity index (χ0v) is 16.9. The van der Waals surface area contributed by atoms with E-state index in [0.29, 0.717) is 13.1 Å². The van der Waals surface area contributed by atoms with E-state index in [1.807, 2.05) is 25.1 Å². The molecule has 0 radical (unpaired) electrons. The monoisotopic (exact) mass is 389 g/mol. The van der Waals surface area contributed by atoms with Crippen molar-refractivity contribution in [1.29, 1.82) is 0 Å². The molecule has 0 saturated carbocycles. The molecule has 3 rings (SSSR count). The lowest BCUT2D eigenvalue weighted by Crippen LogP contribution is -3.14. The van der Waals surface area contributed by atoms with Gasteiger partial charge in [-0.05, 0) is 38.3 Å². The Hall–Kier alpha value is -1.99. The molecule has 27 heavy (non-hydrogen) atoms. The van der Waals surface area contributed by atoms with E-state index >= 15 is 0 Å². The number of thiazole rings is 1. The maximum atomic E-state index is 12.5. The van der Waals surface area contributed by atoms with Gasteiger partial charge in [0.2, 0.25) is 5.91 Å². The molecule has 6 nitrogen and oxygen atoms in total. The highest BCUT2D eigenvalue weighted by Crippen LogP contribution is 2.28. The van der Waals surface area contributed by atoms with E-state index in [4.69, 9.17) is 4.98 Å². The number of quaternary nitrogens is 1. The van der Waals surface area contributed by atoms with Crippen molar-refractivity contribution in [3.8, 4) is 0 Å². The van der Waals surface area contributed by atoms with Gasteiger partial charge >= 0.3 is 0 Å². The lowest BCUT2D eigenvalue weighted by Gasteiger charge is -2.31. The number of nitrogens with zero attached hydrogens (tertiary/aromatic N) is 1. The van der Waals surface area contributed by atoms with E-state index in [-0.39, 0.29) is 17.9 Å². The number of amides is 2. The molecule has 2 aromatic rings. The molecule has 1 fully saturated rings. The van der Waals surface area contributed by atoms with Crippen molar-refractivity contribution < 1.29 is 14.5 Å². The van der Waals surface area contributed by atoms with E-state index in [1.165, 1.54) is 16.0 Å². The van der Waals surface area contributed by atoms with Gasteiger partial charge in [0.1, 0.15) is 12.1 Å². The molecule has 1 aliphatic heterocycles. The highest BCUT2D eigenvalue weighted by molar-refractivity contribution is 7.18. The smallest absolute Gasteiger partial charge is 0.275 e. The first-order chi connectivity index (χ1) is 13.1. The molecule has 2 amide bonds. The lowest BCUT2D eigenvalue weighted by atomic mass is 10.0. The van der Waals surface area contributed by atoms with Crippen LogP contribution < -0.4 is 15.5 Å². The highest BCUT2D eigenvalue weighted by Gasteiger charge is 2.32. The van der Waals surface area contributed by atoms with Crippen LogP contribution in [0.3, 0.4) is 0 Å². The van der Waals surface area contributed by atoms with Crippen LogP contribution >= 0.6 is 11.3 Å². The maximum Gasteiger partial charge on any atom is 0.275 e. The van der Waals surface area contributed by atoms with Crippen LogP contribution in [0.5, 0.6) is 0 Å². The molecule has 0 spiro atoms. The number of para-hydroxylation sites is 1. The molecular weight excluding hydrogens is 360 g/mol. The number of carbonyl (C=O) groups excluding carboxylic acids is 2. The number of nitrogens with one attached hydrogen (secondary N) is 3. The first-order valence-corrected chi connectivity index (χ1v) is 10.7. The molecule has 0 bridgehead atoms. The number of hydrogen-bond donors (Lipinski definition) is 3. The fourth-order valence-corrected chi connectivity index (χ4v) is 4.75. The summed E-state index contributed by atoms with van der Waals surface area (Å²) in [5, 5.41) is 6.79. The van der Waals surface area contributed by atoms with Crippen LogP contribution in [0, 0.1) is 0 Å². The number of aromatic nitrogens is 1. The third-order valence-electron chi connectivity index (χ3n) is 5.05. The topological polar surface area (TPSA) is 75.5 Å². The molecule has 3 atom stereocenters. The summed E-state index contributed by atoms with van der Waals surface area (Å²) < 4.78 is 1.20. The summed E-state index contributed by atoms with van der Waals surface area (Å²) in [7, 11) is 0. The first-order valence-electron chi connectivity index (χ1n) is 9.85. The second-order valence-corrected chi connectivity index (χ2v) is 8.30. The second-order valence-electron chi connectivity index (χ2n) is 7.23. The van der Waals surface area contributed by atoms with Crippen LogP contribution in [-0.2, 0) is 9.59 Å². The van der Waals surface area contributed by atoms with Gasteiger partial charge in [-0.15, -0.1) is 11.3 Å². The van der Waals surface area contributed by atoms with Crippen molar-refractivity contribution in [2.24, 2.45) is 0 Å². The number of fused-ring (bicyclic) bond motifs is 1. The number of piperidine rings is 1. The normalized spacial score (nSPS) is 21.0. The molecule has 3 N–H and O–H groups in total. The molecule has 146 valence electrons. The Bertz CT molecular complexity index is 758. The summed E-state index contributed by atoms with van der Waals surface area (Å²) in [5.74, 6) is -0.196. The van der Waals surface area contributed by atoms with Crippen LogP contribution in [0.15, 0.2) is 24.3 Å². The van der Waals surface area contributed by atoms with Crippen LogP contribution in [0.1, 0.15) is 50.6 Å². The van der Waals surface area contributed by atoms with Gasteiger partial charge in [0.05, 0.1) is 16.8 Å². The van der Waals surface area contributed by atoms with Gasteiger partial charge in [0, 0.05) is 13.0 Å². The van der Waals surface area contributed by atoms with Gasteiger partial charge < -0.3 is 15.5 Å². The summed E-state index contributed by atoms with van der Waals surface area (Å²) in [6.45, 7) is 5.72. The fraction of sp³-hybridized carbons (Fsp3) is 0.550. The minimum atomic E-state index is -0.505. The zero-order valence-electron chi connectivity index (χ0n) is 16.1. The molecule has 0 aliphatic carbocycles. The van der Waals surface area contributed by atoms with E-state index in [9.17, 15) is 9.59 Å². The van der Waals surface area contributed by atoms with Gasteiger partial charge in [-0.3, -0.25) is 9.59 Å². The Labute approximate surface area is 164 Å². The minimum absolute atomic E-state index is 0.0721. The minimum Gasteiger partial charge on any atom is -0.354 e. The second kappa shape index (κ2) is 9.28.